The molecule has 2 rings (SSSR count). The summed E-state index contributed by atoms with van der Waals surface area (Å²) in [5, 5.41) is 10.6. The van der Waals surface area contributed by atoms with E-state index >= 15 is 0 Å². The van der Waals surface area contributed by atoms with Crippen LogP contribution in [-0.4, -0.2) is 54.1 Å². The van der Waals surface area contributed by atoms with Crippen LogP contribution in [0.15, 0.2) is 47.4 Å². The van der Waals surface area contributed by atoms with Gasteiger partial charge in [0.2, 0.25) is 10.0 Å². The summed E-state index contributed by atoms with van der Waals surface area (Å²) in [6.07, 6.45) is -0.949. The van der Waals surface area contributed by atoms with E-state index in [2.05, 4.69) is 0 Å². The molecule has 0 aromatic heterocycles. The van der Waals surface area contributed by atoms with E-state index in [1.54, 1.807) is 0 Å². The van der Waals surface area contributed by atoms with Gasteiger partial charge < -0.3 is 9.42 Å². The maximum atomic E-state index is 12.2. The molecule has 0 aliphatic rings. The Balaban J connectivity index is 0.00000364. The molecule has 0 saturated heterocycles. The number of halogens is 2. The van der Waals surface area contributed by atoms with Crippen LogP contribution in [0.5, 0.6) is 5.75 Å². The van der Waals surface area contributed by atoms with Crippen molar-refractivity contribution >= 4 is 76.1 Å². The maximum absolute atomic E-state index is 12.2. The van der Waals surface area contributed by atoms with Crippen molar-refractivity contribution in [1.82, 2.24) is 4.72 Å². The van der Waals surface area contributed by atoms with Gasteiger partial charge in [0.1, 0.15) is 16.9 Å². The third-order valence-corrected chi connectivity index (χ3v) is 6.32. The molecule has 0 aliphatic heterocycles. The van der Waals surface area contributed by atoms with Crippen LogP contribution >= 0.6 is 30.8 Å². The molecular weight excluding hydrogens is 453 g/mol. The number of nitrogens with zero attached hydrogens (tertiary/aromatic N) is 1. The second kappa shape index (κ2) is 9.69. The Labute approximate surface area is 186 Å². The predicted molar refractivity (Wildman–Crippen MR) is 102 cm³/mol. The van der Waals surface area contributed by atoms with Gasteiger partial charge in [-0.15, -0.1) is 0 Å². The number of nitro groups is 1. The fourth-order valence-electron chi connectivity index (χ4n) is 1.75. The van der Waals surface area contributed by atoms with Crippen LogP contribution in [0.4, 0.5) is 5.69 Å². The molecule has 0 aliphatic carbocycles. The second-order valence-corrected chi connectivity index (χ2v) is 9.21. The topological polar surface area (TPSA) is 136 Å². The van der Waals surface area contributed by atoms with Crippen molar-refractivity contribution in [3.05, 3.63) is 62.6 Å². The number of hydrogen-bond acceptors (Lipinski definition) is 6. The third-order valence-electron chi connectivity index (χ3n) is 2.93. The first kappa shape index (κ1) is 24.4. The zero-order chi connectivity index (χ0) is 19.5. The Bertz CT molecular complexity index is 989. The molecule has 2 aromatic rings. The molecule has 0 spiro atoms. The van der Waals surface area contributed by atoms with Crippen LogP contribution in [0.25, 0.3) is 0 Å². The number of nitrogens with one attached hydrogen (secondary N) is 1. The molecule has 0 fully saturated rings. The number of nitro benzene ring substituents is 1. The van der Waals surface area contributed by atoms with E-state index in [0.29, 0.717) is 0 Å². The Morgan fingerprint density at radius 3 is 2.33 bits per heavy atom. The van der Waals surface area contributed by atoms with Gasteiger partial charge in [0.25, 0.3) is 5.69 Å². The van der Waals surface area contributed by atoms with Crippen molar-refractivity contribution < 1.29 is 27.3 Å². The standard InChI is InChI=1S/C13H11Cl2N2O7PS.Na.H/c14-9-1-6-12(15)13(7-9)26(22,23)16-8-25(20,21)24-11-4-2-10(3-5-11)17(18)19;;/h1-7,16H,8H2,(H,20,21);;. The Hall–Kier alpha value is -0.680. The van der Waals surface area contributed by atoms with Gasteiger partial charge in [0.15, 0.2) is 0 Å². The van der Waals surface area contributed by atoms with Gasteiger partial charge in [0, 0.05) is 17.2 Å². The molecular formula is C13H12Cl2N2NaO7PS. The van der Waals surface area contributed by atoms with Crippen LogP contribution in [0, 0.1) is 10.1 Å². The van der Waals surface area contributed by atoms with Gasteiger partial charge in [-0.1, -0.05) is 23.2 Å². The number of rotatable bonds is 7. The van der Waals surface area contributed by atoms with Crippen LogP contribution < -0.4 is 9.25 Å². The normalized spacial score (nSPS) is 13.3. The first-order valence-corrected chi connectivity index (χ1v) is 10.7. The van der Waals surface area contributed by atoms with Crippen molar-refractivity contribution in [1.29, 1.82) is 0 Å². The molecule has 0 bridgehead atoms. The van der Waals surface area contributed by atoms with Crippen molar-refractivity contribution in [2.45, 2.75) is 4.90 Å². The Kier molecular flexibility index (Phi) is 8.74. The summed E-state index contributed by atoms with van der Waals surface area (Å²) in [6, 6.07) is 8.12. The minimum absolute atomic E-state index is 0. The molecule has 2 N–H and O–H groups in total. The molecule has 1 atom stereocenters. The molecule has 0 saturated carbocycles. The summed E-state index contributed by atoms with van der Waals surface area (Å²) in [7, 11) is -8.66. The van der Waals surface area contributed by atoms with E-state index in [9.17, 15) is 28.0 Å². The predicted octanol–water partition coefficient (Wildman–Crippen LogP) is 2.75. The van der Waals surface area contributed by atoms with Crippen LogP contribution in [-0.2, 0) is 14.6 Å². The van der Waals surface area contributed by atoms with E-state index in [1.165, 1.54) is 12.1 Å². The van der Waals surface area contributed by atoms with Gasteiger partial charge in [-0.3, -0.25) is 10.1 Å². The summed E-state index contributed by atoms with van der Waals surface area (Å²) >= 11 is 11.5. The zero-order valence-electron chi connectivity index (χ0n) is 12.7. The van der Waals surface area contributed by atoms with Crippen molar-refractivity contribution in [3.63, 3.8) is 0 Å². The van der Waals surface area contributed by atoms with E-state index in [1.807, 2.05) is 4.72 Å². The molecule has 2 aromatic carbocycles. The quantitative estimate of drug-likeness (QED) is 0.278. The summed E-state index contributed by atoms with van der Waals surface area (Å²) in [5.74, 6) is -0.138. The fourth-order valence-corrected chi connectivity index (χ4v) is 5.02. The fraction of sp³-hybridized carbons (Fsp3) is 0.0769. The van der Waals surface area contributed by atoms with Gasteiger partial charge in [-0.25, -0.2) is 13.0 Å². The zero-order valence-corrected chi connectivity index (χ0v) is 15.9. The molecule has 0 amide bonds. The number of non-ortho nitro benzene ring substituents is 1. The van der Waals surface area contributed by atoms with E-state index in [4.69, 9.17) is 27.7 Å². The Morgan fingerprint density at radius 2 is 1.78 bits per heavy atom. The number of benzene rings is 2. The summed E-state index contributed by atoms with van der Waals surface area (Å²) in [5.41, 5.74) is -0.235. The number of hydrogen-bond donors (Lipinski definition) is 2. The van der Waals surface area contributed by atoms with Crippen molar-refractivity contribution in [2.24, 2.45) is 0 Å². The minimum atomic E-state index is -4.43. The molecule has 0 heterocycles. The number of sulfonamides is 1. The average Bonchev–Trinajstić information content (AvgIpc) is 2.55. The van der Waals surface area contributed by atoms with Gasteiger partial charge in [0.05, 0.1) is 9.95 Å². The molecule has 1 unspecified atom stereocenters. The SMILES string of the molecule is O=[N+]([O-])c1ccc(OP(=O)(O)CNS(=O)(=O)c2cc(Cl)ccc2Cl)cc1.[NaH]. The summed E-state index contributed by atoms with van der Waals surface area (Å²) in [6.45, 7) is 0. The Morgan fingerprint density at radius 1 is 1.19 bits per heavy atom. The van der Waals surface area contributed by atoms with Crippen molar-refractivity contribution in [3.8, 4) is 5.75 Å². The molecule has 27 heavy (non-hydrogen) atoms. The van der Waals surface area contributed by atoms with Crippen LogP contribution in [0.1, 0.15) is 0 Å². The van der Waals surface area contributed by atoms with Gasteiger partial charge in [-0.2, -0.15) is 4.72 Å². The molecule has 142 valence electrons. The molecule has 14 heteroatoms. The molecule has 0 radical (unpaired) electrons. The third kappa shape index (κ3) is 7.01. The first-order chi connectivity index (χ1) is 12.0. The van der Waals surface area contributed by atoms with E-state index < -0.39 is 28.8 Å². The summed E-state index contributed by atoms with van der Waals surface area (Å²) in [4.78, 5) is 19.3. The van der Waals surface area contributed by atoms with E-state index in [0.717, 1.165) is 30.3 Å². The monoisotopic (exact) mass is 464 g/mol. The summed E-state index contributed by atoms with van der Waals surface area (Å²) < 4.78 is 43.2. The van der Waals surface area contributed by atoms with Crippen LogP contribution in [0.3, 0.4) is 0 Å². The molecule has 9 nitrogen and oxygen atoms in total. The first-order valence-electron chi connectivity index (χ1n) is 6.71. The van der Waals surface area contributed by atoms with E-state index in [-0.39, 0.29) is 55.9 Å². The second-order valence-electron chi connectivity index (χ2n) is 4.86. The van der Waals surface area contributed by atoms with Crippen molar-refractivity contribution in [2.75, 3.05) is 6.29 Å². The average molecular weight is 465 g/mol. The van der Waals surface area contributed by atoms with Gasteiger partial charge >= 0.3 is 37.2 Å². The van der Waals surface area contributed by atoms with Crippen LogP contribution in [0.2, 0.25) is 10.0 Å². The van der Waals surface area contributed by atoms with Gasteiger partial charge in [-0.05, 0) is 30.3 Å².